The summed E-state index contributed by atoms with van der Waals surface area (Å²) in [4.78, 5) is 11.8. The second kappa shape index (κ2) is 7.58. The summed E-state index contributed by atoms with van der Waals surface area (Å²) >= 11 is 0. The number of nitrogens with zero attached hydrogens (tertiary/aromatic N) is 1. The van der Waals surface area contributed by atoms with Gasteiger partial charge in [-0.25, -0.2) is 5.43 Å². The largest absolute Gasteiger partial charge is 0.483 e. The minimum atomic E-state index is -0.284. The molecule has 23 heavy (non-hydrogen) atoms. The Hall–Kier alpha value is -2.62. The van der Waals surface area contributed by atoms with Crippen LogP contribution in [0.15, 0.2) is 41.5 Å². The zero-order valence-corrected chi connectivity index (χ0v) is 14.0. The second-order valence-electron chi connectivity index (χ2n) is 5.65. The molecule has 0 aliphatic rings. The van der Waals surface area contributed by atoms with Gasteiger partial charge in [-0.15, -0.1) is 0 Å². The third-order valence-corrected chi connectivity index (χ3v) is 3.70. The molecule has 1 N–H and O–H groups in total. The van der Waals surface area contributed by atoms with Crippen molar-refractivity contribution in [1.29, 1.82) is 0 Å². The zero-order valence-electron chi connectivity index (χ0n) is 14.0. The van der Waals surface area contributed by atoms with E-state index in [1.165, 1.54) is 5.56 Å². The Morgan fingerprint density at radius 3 is 2.39 bits per heavy atom. The Balaban J connectivity index is 1.88. The average molecular weight is 310 g/mol. The Labute approximate surface area is 137 Å². The SMILES string of the molecule is Cc1ccc(/C=N\NC(=O)COc2c(C)ccc(C)c2C)cc1. The molecule has 0 aliphatic carbocycles. The standard InChI is InChI=1S/C19H22N2O2/c1-13-5-9-17(10-6-13)11-20-21-18(22)12-23-19-15(3)8-7-14(2)16(19)4/h5-11H,12H2,1-4H3,(H,21,22)/b20-11-. The molecule has 2 rings (SSSR count). The van der Waals surface area contributed by atoms with Crippen molar-refractivity contribution in [2.45, 2.75) is 27.7 Å². The summed E-state index contributed by atoms with van der Waals surface area (Å²) in [6.45, 7) is 7.94. The normalized spacial score (nSPS) is 10.8. The van der Waals surface area contributed by atoms with E-state index < -0.39 is 0 Å². The van der Waals surface area contributed by atoms with Gasteiger partial charge >= 0.3 is 0 Å². The van der Waals surface area contributed by atoms with Crippen molar-refractivity contribution >= 4 is 12.1 Å². The lowest BCUT2D eigenvalue weighted by Crippen LogP contribution is -2.25. The van der Waals surface area contributed by atoms with E-state index in [-0.39, 0.29) is 12.5 Å². The van der Waals surface area contributed by atoms with Crippen LogP contribution in [-0.2, 0) is 4.79 Å². The van der Waals surface area contributed by atoms with Crippen LogP contribution < -0.4 is 10.2 Å². The van der Waals surface area contributed by atoms with E-state index in [1.807, 2.05) is 64.1 Å². The van der Waals surface area contributed by atoms with Gasteiger partial charge in [0.15, 0.2) is 6.61 Å². The molecule has 0 unspecified atom stereocenters. The molecular formula is C19H22N2O2. The van der Waals surface area contributed by atoms with Gasteiger partial charge in [-0.1, -0.05) is 42.0 Å². The molecule has 0 bridgehead atoms. The van der Waals surface area contributed by atoms with Crippen LogP contribution in [0, 0.1) is 27.7 Å². The Morgan fingerprint density at radius 1 is 1.04 bits per heavy atom. The van der Waals surface area contributed by atoms with Crippen molar-refractivity contribution < 1.29 is 9.53 Å². The van der Waals surface area contributed by atoms with Crippen molar-refractivity contribution in [3.8, 4) is 5.75 Å². The van der Waals surface area contributed by atoms with Crippen LogP contribution in [0.2, 0.25) is 0 Å². The third kappa shape index (κ3) is 4.68. The smallest absolute Gasteiger partial charge is 0.277 e. The van der Waals surface area contributed by atoms with Gasteiger partial charge in [0.2, 0.25) is 0 Å². The van der Waals surface area contributed by atoms with Gasteiger partial charge < -0.3 is 4.74 Å². The number of hydrogen-bond donors (Lipinski definition) is 1. The number of benzene rings is 2. The lowest BCUT2D eigenvalue weighted by atomic mass is 10.1. The lowest BCUT2D eigenvalue weighted by Gasteiger charge is -2.13. The highest BCUT2D eigenvalue weighted by Crippen LogP contribution is 2.25. The Morgan fingerprint density at radius 2 is 1.70 bits per heavy atom. The summed E-state index contributed by atoms with van der Waals surface area (Å²) in [7, 11) is 0. The topological polar surface area (TPSA) is 50.7 Å². The van der Waals surface area contributed by atoms with Crippen LogP contribution in [0.5, 0.6) is 5.75 Å². The van der Waals surface area contributed by atoms with Gasteiger partial charge in [-0.05, 0) is 49.9 Å². The maximum atomic E-state index is 11.8. The van der Waals surface area contributed by atoms with Crippen molar-refractivity contribution in [2.75, 3.05) is 6.61 Å². The molecule has 0 spiro atoms. The fourth-order valence-corrected chi connectivity index (χ4v) is 2.15. The van der Waals surface area contributed by atoms with Crippen LogP contribution in [0.25, 0.3) is 0 Å². The predicted octanol–water partition coefficient (Wildman–Crippen LogP) is 3.45. The molecule has 0 fully saturated rings. The fourth-order valence-electron chi connectivity index (χ4n) is 2.15. The van der Waals surface area contributed by atoms with Crippen LogP contribution in [0.4, 0.5) is 0 Å². The van der Waals surface area contributed by atoms with Crippen LogP contribution >= 0.6 is 0 Å². The summed E-state index contributed by atoms with van der Waals surface area (Å²) in [5, 5.41) is 3.94. The van der Waals surface area contributed by atoms with Gasteiger partial charge in [0, 0.05) is 0 Å². The second-order valence-corrected chi connectivity index (χ2v) is 5.65. The molecule has 0 heterocycles. The number of rotatable bonds is 5. The molecule has 4 nitrogen and oxygen atoms in total. The fraction of sp³-hybridized carbons (Fsp3) is 0.263. The third-order valence-electron chi connectivity index (χ3n) is 3.70. The monoisotopic (exact) mass is 310 g/mol. The summed E-state index contributed by atoms with van der Waals surface area (Å²) < 4.78 is 5.64. The molecule has 0 saturated carbocycles. The van der Waals surface area contributed by atoms with E-state index in [4.69, 9.17) is 4.74 Å². The van der Waals surface area contributed by atoms with Crippen molar-refractivity contribution in [3.63, 3.8) is 0 Å². The first-order valence-corrected chi connectivity index (χ1v) is 7.55. The molecule has 0 saturated heterocycles. The number of amides is 1. The molecule has 0 aliphatic heterocycles. The summed E-state index contributed by atoms with van der Waals surface area (Å²) in [5.74, 6) is 0.483. The molecule has 0 atom stereocenters. The van der Waals surface area contributed by atoms with Gasteiger partial charge in [-0.2, -0.15) is 5.10 Å². The van der Waals surface area contributed by atoms with Crippen molar-refractivity contribution in [1.82, 2.24) is 5.43 Å². The van der Waals surface area contributed by atoms with Crippen LogP contribution in [-0.4, -0.2) is 18.7 Å². The number of carbonyl (C=O) groups excluding carboxylic acids is 1. The van der Waals surface area contributed by atoms with Crippen LogP contribution in [0.1, 0.15) is 27.8 Å². The highest BCUT2D eigenvalue weighted by atomic mass is 16.5. The molecule has 120 valence electrons. The molecular weight excluding hydrogens is 288 g/mol. The summed E-state index contributed by atoms with van der Waals surface area (Å²) in [5.41, 5.74) is 7.81. The number of hydrogen-bond acceptors (Lipinski definition) is 3. The highest BCUT2D eigenvalue weighted by Gasteiger charge is 2.08. The first-order valence-electron chi connectivity index (χ1n) is 7.55. The van der Waals surface area contributed by atoms with E-state index in [0.29, 0.717) is 0 Å². The van der Waals surface area contributed by atoms with Gasteiger partial charge in [0.1, 0.15) is 5.75 Å². The minimum absolute atomic E-state index is 0.0592. The zero-order chi connectivity index (χ0) is 16.8. The number of carbonyl (C=O) groups is 1. The van der Waals surface area contributed by atoms with Crippen molar-refractivity contribution in [3.05, 3.63) is 64.2 Å². The first-order chi connectivity index (χ1) is 11.0. The quantitative estimate of drug-likeness (QED) is 0.679. The highest BCUT2D eigenvalue weighted by molar-refractivity contribution is 5.82. The molecule has 2 aromatic carbocycles. The first kappa shape index (κ1) is 16.7. The predicted molar refractivity (Wildman–Crippen MR) is 93.1 cm³/mol. The Kier molecular flexibility index (Phi) is 5.52. The van der Waals surface area contributed by atoms with E-state index in [1.54, 1.807) is 6.21 Å². The van der Waals surface area contributed by atoms with Crippen molar-refractivity contribution in [2.24, 2.45) is 5.10 Å². The molecule has 1 amide bonds. The number of ether oxygens (including phenoxy) is 1. The van der Waals surface area contributed by atoms with E-state index >= 15 is 0 Å². The molecule has 4 heteroatoms. The minimum Gasteiger partial charge on any atom is -0.483 e. The van der Waals surface area contributed by atoms with Gasteiger partial charge in [0.25, 0.3) is 5.91 Å². The summed E-state index contributed by atoms with van der Waals surface area (Å²) in [6, 6.07) is 11.9. The lowest BCUT2D eigenvalue weighted by molar-refractivity contribution is -0.123. The molecule has 2 aromatic rings. The van der Waals surface area contributed by atoms with E-state index in [9.17, 15) is 4.79 Å². The maximum absolute atomic E-state index is 11.8. The Bertz CT molecular complexity index is 719. The summed E-state index contributed by atoms with van der Waals surface area (Å²) in [6.07, 6.45) is 1.61. The van der Waals surface area contributed by atoms with Gasteiger partial charge in [0.05, 0.1) is 6.21 Å². The van der Waals surface area contributed by atoms with Crippen LogP contribution in [0.3, 0.4) is 0 Å². The van der Waals surface area contributed by atoms with E-state index in [2.05, 4.69) is 10.5 Å². The number of aryl methyl sites for hydroxylation is 3. The molecule has 0 aromatic heterocycles. The molecule has 0 radical (unpaired) electrons. The average Bonchev–Trinajstić information content (AvgIpc) is 2.53. The van der Waals surface area contributed by atoms with Gasteiger partial charge in [-0.3, -0.25) is 4.79 Å². The maximum Gasteiger partial charge on any atom is 0.277 e. The van der Waals surface area contributed by atoms with E-state index in [0.717, 1.165) is 28.0 Å². The number of hydrazone groups is 1. The number of nitrogens with one attached hydrogen (secondary N) is 1.